The summed E-state index contributed by atoms with van der Waals surface area (Å²) >= 11 is 0. The Hall–Kier alpha value is -1.50. The van der Waals surface area contributed by atoms with Gasteiger partial charge in [0, 0.05) is 5.75 Å². The first-order chi connectivity index (χ1) is 12.4. The normalized spacial score (nSPS) is 14.7. The van der Waals surface area contributed by atoms with E-state index in [1.54, 1.807) is 0 Å². The number of hydrogen-bond donors (Lipinski definition) is 4. The third-order valence-electron chi connectivity index (χ3n) is 2.86. The molecule has 28 heavy (non-hydrogen) atoms. The molecule has 0 radical (unpaired) electrons. The summed E-state index contributed by atoms with van der Waals surface area (Å²) in [5, 5.41) is 18.3. The number of carboxylic acids is 2. The molecule has 0 amide bonds. The van der Waals surface area contributed by atoms with Gasteiger partial charge in [0.1, 0.15) is 23.3 Å². The number of carbonyl (C=O) groups is 4. The fourth-order valence-corrected chi connectivity index (χ4v) is 4.50. The van der Waals surface area contributed by atoms with Crippen LogP contribution in [0.5, 0.6) is 0 Å². The fourth-order valence-electron chi connectivity index (χ4n) is 1.61. The van der Waals surface area contributed by atoms with Gasteiger partial charge in [-0.15, -0.1) is 0 Å². The molecule has 0 aliphatic rings. The lowest BCUT2D eigenvalue weighted by Gasteiger charge is -2.35. The van der Waals surface area contributed by atoms with Crippen molar-refractivity contribution in [1.29, 1.82) is 0 Å². The summed E-state index contributed by atoms with van der Waals surface area (Å²) in [5.74, 6) is -5.56. The van der Waals surface area contributed by atoms with Gasteiger partial charge in [-0.1, -0.05) is 21.6 Å². The van der Waals surface area contributed by atoms with Crippen LogP contribution in [0.4, 0.5) is 0 Å². The number of nitrogens with two attached hydrogens (primary N) is 2. The lowest BCUT2D eigenvalue weighted by Crippen LogP contribution is -2.63. The maximum atomic E-state index is 12.9. The third kappa shape index (κ3) is 7.86. The molecule has 2 unspecified atom stereocenters. The predicted octanol–water partition coefficient (Wildman–Crippen LogP) is 0.614. The number of aliphatic carboxylic acids is 2. The minimum absolute atomic E-state index is 0.223. The fraction of sp³-hybridized carbons (Fsp3) is 0.750. The molecule has 0 spiro atoms. The van der Waals surface area contributed by atoms with E-state index in [0.717, 1.165) is 0 Å². The zero-order valence-corrected chi connectivity index (χ0v) is 18.3. The Morgan fingerprint density at radius 2 is 1.25 bits per heavy atom. The zero-order chi connectivity index (χ0) is 22.5. The lowest BCUT2D eigenvalue weighted by molar-refractivity contribution is -0.174. The van der Waals surface area contributed by atoms with Crippen LogP contribution in [0.2, 0.25) is 0 Å². The largest absolute Gasteiger partial charge is 0.480 e. The van der Waals surface area contributed by atoms with E-state index in [4.69, 9.17) is 26.0 Å². The van der Waals surface area contributed by atoms with Crippen molar-refractivity contribution in [3.05, 3.63) is 0 Å². The van der Waals surface area contributed by atoms with E-state index in [2.05, 4.69) is 0 Å². The number of rotatable bonds is 9. The Morgan fingerprint density at radius 3 is 1.54 bits per heavy atom. The van der Waals surface area contributed by atoms with Crippen LogP contribution in [0.25, 0.3) is 0 Å². The van der Waals surface area contributed by atoms with Gasteiger partial charge in [-0.25, -0.2) is 9.59 Å². The summed E-state index contributed by atoms with van der Waals surface area (Å²) in [6, 6.07) is -3.32. The molecule has 12 heteroatoms. The van der Waals surface area contributed by atoms with Crippen LogP contribution in [0.15, 0.2) is 0 Å². The molecule has 0 heterocycles. The van der Waals surface area contributed by atoms with Crippen molar-refractivity contribution in [1.82, 2.24) is 0 Å². The summed E-state index contributed by atoms with van der Waals surface area (Å²) in [6.45, 7) is 9.22. The standard InChI is InChI=1S/C16H28N2O8S2/c1-14(2,3)25-12(23)16(9(18)11(21)22,13(24)26-15(4,5)6)28-27-7-8(17)10(19)20/h8-9H,7,17-18H2,1-6H3,(H,19,20)(H,21,22). The molecule has 0 rings (SSSR count). The van der Waals surface area contributed by atoms with Crippen molar-refractivity contribution in [2.45, 2.75) is 69.6 Å². The number of carbonyl (C=O) groups excluding carboxylic acids is 2. The summed E-state index contributed by atoms with van der Waals surface area (Å²) in [7, 11) is 1.18. The molecule has 2 atom stereocenters. The Kier molecular flexibility index (Phi) is 9.28. The zero-order valence-electron chi connectivity index (χ0n) is 16.7. The molecule has 0 aromatic carbocycles. The average molecular weight is 441 g/mol. The maximum Gasteiger partial charge on any atom is 0.337 e. The molecule has 0 aromatic rings. The maximum absolute atomic E-state index is 12.9. The molecule has 0 aliphatic carbocycles. The Bertz CT molecular complexity index is 585. The Balaban J connectivity index is 6.12. The number of ether oxygens (including phenoxy) is 2. The third-order valence-corrected chi connectivity index (χ3v) is 5.88. The molecule has 0 saturated carbocycles. The first kappa shape index (κ1) is 26.5. The molecular weight excluding hydrogens is 412 g/mol. The van der Waals surface area contributed by atoms with Crippen LogP contribution in [-0.2, 0) is 28.7 Å². The van der Waals surface area contributed by atoms with Crippen LogP contribution in [0.1, 0.15) is 41.5 Å². The van der Waals surface area contributed by atoms with Gasteiger partial charge in [0.05, 0.1) is 0 Å². The van der Waals surface area contributed by atoms with Gasteiger partial charge in [0.2, 0.25) is 4.75 Å². The van der Waals surface area contributed by atoms with Crippen LogP contribution in [-0.4, -0.2) is 67.9 Å². The summed E-state index contributed by atoms with van der Waals surface area (Å²) in [6.07, 6.45) is 0. The van der Waals surface area contributed by atoms with E-state index >= 15 is 0 Å². The number of carboxylic acid groups (broad SMARTS) is 2. The molecule has 6 N–H and O–H groups in total. The highest BCUT2D eigenvalue weighted by Crippen LogP contribution is 2.42. The topological polar surface area (TPSA) is 179 Å². The van der Waals surface area contributed by atoms with Crippen molar-refractivity contribution in [2.24, 2.45) is 11.5 Å². The Labute approximate surface area is 171 Å². The van der Waals surface area contributed by atoms with Crippen LogP contribution < -0.4 is 11.5 Å². The van der Waals surface area contributed by atoms with Crippen LogP contribution in [0.3, 0.4) is 0 Å². The first-order valence-corrected chi connectivity index (χ1v) is 10.5. The van der Waals surface area contributed by atoms with E-state index in [0.29, 0.717) is 21.6 Å². The van der Waals surface area contributed by atoms with Crippen molar-refractivity contribution in [3.63, 3.8) is 0 Å². The van der Waals surface area contributed by atoms with E-state index < -0.39 is 51.9 Å². The van der Waals surface area contributed by atoms with Crippen molar-refractivity contribution in [2.75, 3.05) is 5.75 Å². The number of esters is 2. The second-order valence-electron chi connectivity index (χ2n) is 7.87. The quantitative estimate of drug-likeness (QED) is 0.223. The lowest BCUT2D eigenvalue weighted by atomic mass is 9.98. The van der Waals surface area contributed by atoms with Gasteiger partial charge in [-0.2, -0.15) is 0 Å². The molecule has 0 saturated heterocycles. The summed E-state index contributed by atoms with van der Waals surface area (Å²) < 4.78 is 8.02. The van der Waals surface area contributed by atoms with Crippen molar-refractivity contribution < 1.29 is 38.9 Å². The Morgan fingerprint density at radius 1 is 0.857 bits per heavy atom. The SMILES string of the molecule is CC(C)(C)OC(=O)C(SSCC(N)C(=O)O)(C(=O)OC(C)(C)C)C(N)C(=O)O. The first-order valence-electron chi connectivity index (χ1n) is 8.18. The second kappa shape index (κ2) is 9.81. The highest BCUT2D eigenvalue weighted by molar-refractivity contribution is 8.77. The minimum atomic E-state index is -2.48. The van der Waals surface area contributed by atoms with Crippen LogP contribution >= 0.6 is 21.6 Å². The van der Waals surface area contributed by atoms with Gasteiger partial charge in [-0.3, -0.25) is 9.59 Å². The predicted molar refractivity (Wildman–Crippen MR) is 106 cm³/mol. The van der Waals surface area contributed by atoms with Gasteiger partial charge >= 0.3 is 23.9 Å². The minimum Gasteiger partial charge on any atom is -0.480 e. The molecule has 162 valence electrons. The molecule has 0 aliphatic heterocycles. The summed E-state index contributed by atoms with van der Waals surface area (Å²) in [5.41, 5.74) is 9.05. The monoisotopic (exact) mass is 440 g/mol. The molecule has 0 fully saturated rings. The highest BCUT2D eigenvalue weighted by Gasteiger charge is 2.59. The van der Waals surface area contributed by atoms with E-state index in [-0.39, 0.29) is 5.75 Å². The highest BCUT2D eigenvalue weighted by atomic mass is 33.1. The smallest absolute Gasteiger partial charge is 0.337 e. The van der Waals surface area contributed by atoms with E-state index in [1.165, 1.54) is 41.5 Å². The van der Waals surface area contributed by atoms with E-state index in [1.807, 2.05) is 0 Å². The van der Waals surface area contributed by atoms with Gasteiger partial charge in [-0.05, 0) is 41.5 Å². The van der Waals surface area contributed by atoms with Gasteiger partial charge in [0.15, 0.2) is 0 Å². The molecular formula is C16H28N2O8S2. The van der Waals surface area contributed by atoms with Gasteiger partial charge in [0.25, 0.3) is 0 Å². The van der Waals surface area contributed by atoms with Crippen molar-refractivity contribution in [3.8, 4) is 0 Å². The van der Waals surface area contributed by atoms with E-state index in [9.17, 15) is 24.3 Å². The molecule has 10 nitrogen and oxygen atoms in total. The van der Waals surface area contributed by atoms with Crippen molar-refractivity contribution >= 4 is 45.5 Å². The average Bonchev–Trinajstić information content (AvgIpc) is 2.46. The van der Waals surface area contributed by atoms with Crippen LogP contribution in [0, 0.1) is 0 Å². The molecule has 0 aromatic heterocycles. The second-order valence-corrected chi connectivity index (χ2v) is 10.5. The number of hydrogen-bond acceptors (Lipinski definition) is 10. The molecule has 0 bridgehead atoms. The van der Waals surface area contributed by atoms with Gasteiger partial charge < -0.3 is 31.2 Å². The summed E-state index contributed by atoms with van der Waals surface area (Å²) in [4.78, 5) is 48.3.